The largest absolute Gasteiger partial charge is 0.359 e. The van der Waals surface area contributed by atoms with Crippen LogP contribution in [0.3, 0.4) is 0 Å². The number of carbonyl (C=O) groups is 1. The van der Waals surface area contributed by atoms with Crippen molar-refractivity contribution in [1.29, 1.82) is 0 Å². The molecule has 3 heterocycles. The van der Waals surface area contributed by atoms with E-state index in [2.05, 4.69) is 25.3 Å². The van der Waals surface area contributed by atoms with Gasteiger partial charge >= 0.3 is 0 Å². The molecule has 7 nitrogen and oxygen atoms in total. The summed E-state index contributed by atoms with van der Waals surface area (Å²) in [6.45, 7) is 5.30. The average Bonchev–Trinajstić information content (AvgIpc) is 3.15. The van der Waals surface area contributed by atoms with Crippen molar-refractivity contribution in [3.63, 3.8) is 0 Å². The minimum atomic E-state index is -0.130. The third kappa shape index (κ3) is 2.91. The first kappa shape index (κ1) is 15.5. The molecule has 122 valence electrons. The third-order valence-electron chi connectivity index (χ3n) is 4.55. The fourth-order valence-electron chi connectivity index (χ4n) is 3.05. The molecule has 2 aromatic rings. The maximum Gasteiger partial charge on any atom is 0.225 e. The molecule has 1 aliphatic heterocycles. The number of hydrogen-bond acceptors (Lipinski definition) is 5. The predicted octanol–water partition coefficient (Wildman–Crippen LogP) is 0.793. The zero-order valence-corrected chi connectivity index (χ0v) is 13.9. The first-order valence-corrected chi connectivity index (χ1v) is 7.75. The Bertz CT molecular complexity index is 725. The van der Waals surface area contributed by atoms with Crippen LogP contribution in [-0.2, 0) is 11.8 Å². The van der Waals surface area contributed by atoms with Gasteiger partial charge in [0.1, 0.15) is 0 Å². The Morgan fingerprint density at radius 3 is 2.70 bits per heavy atom. The minimum Gasteiger partial charge on any atom is -0.359 e. The van der Waals surface area contributed by atoms with Gasteiger partial charge < -0.3 is 10.2 Å². The molecule has 1 saturated heterocycles. The molecule has 1 aliphatic rings. The van der Waals surface area contributed by atoms with Crippen LogP contribution in [0.1, 0.15) is 22.7 Å². The van der Waals surface area contributed by atoms with E-state index >= 15 is 0 Å². The van der Waals surface area contributed by atoms with Gasteiger partial charge in [-0.25, -0.2) is 9.97 Å². The lowest BCUT2D eigenvalue weighted by Crippen LogP contribution is -2.32. The van der Waals surface area contributed by atoms with Gasteiger partial charge in [0, 0.05) is 51.2 Å². The van der Waals surface area contributed by atoms with Gasteiger partial charge in [0.25, 0.3) is 0 Å². The van der Waals surface area contributed by atoms with Gasteiger partial charge in [-0.05, 0) is 25.0 Å². The molecule has 3 rings (SSSR count). The molecule has 0 radical (unpaired) electrons. The van der Waals surface area contributed by atoms with E-state index < -0.39 is 0 Å². The van der Waals surface area contributed by atoms with E-state index in [1.807, 2.05) is 39.5 Å². The van der Waals surface area contributed by atoms with E-state index in [0.29, 0.717) is 19.0 Å². The lowest BCUT2D eigenvalue weighted by molar-refractivity contribution is -0.124. The van der Waals surface area contributed by atoms with Crippen LogP contribution in [-0.4, -0.2) is 45.8 Å². The molecule has 0 saturated carbocycles. The fourth-order valence-corrected chi connectivity index (χ4v) is 3.05. The van der Waals surface area contributed by atoms with Crippen molar-refractivity contribution >= 4 is 11.9 Å². The normalized spacial score (nSPS) is 20.8. The molecule has 0 unspecified atom stereocenters. The molecule has 0 bridgehead atoms. The number of hydrogen-bond donors (Lipinski definition) is 1. The Morgan fingerprint density at radius 1 is 1.30 bits per heavy atom. The highest BCUT2D eigenvalue weighted by Crippen LogP contribution is 2.34. The van der Waals surface area contributed by atoms with Gasteiger partial charge in [-0.1, -0.05) is 0 Å². The highest BCUT2D eigenvalue weighted by Gasteiger charge is 2.39. The lowest BCUT2D eigenvalue weighted by atomic mass is 9.90. The fraction of sp³-hybridized carbons (Fsp3) is 0.500. The van der Waals surface area contributed by atoms with E-state index in [9.17, 15) is 4.79 Å². The highest BCUT2D eigenvalue weighted by molar-refractivity contribution is 5.81. The van der Waals surface area contributed by atoms with Crippen molar-refractivity contribution in [2.45, 2.75) is 19.8 Å². The van der Waals surface area contributed by atoms with E-state index in [0.717, 1.165) is 16.8 Å². The van der Waals surface area contributed by atoms with E-state index in [4.69, 9.17) is 0 Å². The second-order valence-electron chi connectivity index (χ2n) is 6.12. The van der Waals surface area contributed by atoms with Gasteiger partial charge in [0.15, 0.2) is 0 Å². The van der Waals surface area contributed by atoms with Gasteiger partial charge in [-0.3, -0.25) is 9.48 Å². The lowest BCUT2D eigenvalue weighted by Gasteiger charge is -2.16. The summed E-state index contributed by atoms with van der Waals surface area (Å²) >= 11 is 0. The second kappa shape index (κ2) is 5.98. The van der Waals surface area contributed by atoms with Crippen molar-refractivity contribution in [2.24, 2.45) is 13.0 Å². The van der Waals surface area contributed by atoms with Gasteiger partial charge in [0.2, 0.25) is 11.9 Å². The maximum absolute atomic E-state index is 12.3. The van der Waals surface area contributed by atoms with E-state index in [1.165, 1.54) is 0 Å². The van der Waals surface area contributed by atoms with Gasteiger partial charge in [-0.15, -0.1) is 0 Å². The molecule has 0 aromatic carbocycles. The highest BCUT2D eigenvalue weighted by atomic mass is 16.1. The molecule has 1 amide bonds. The number of aryl methyl sites for hydroxylation is 3. The molecular weight excluding hydrogens is 292 g/mol. The topological polar surface area (TPSA) is 75.9 Å². The number of amides is 1. The summed E-state index contributed by atoms with van der Waals surface area (Å²) in [5.74, 6) is 0.696. The van der Waals surface area contributed by atoms with Gasteiger partial charge in [0.05, 0.1) is 12.1 Å². The van der Waals surface area contributed by atoms with Crippen molar-refractivity contribution in [3.05, 3.63) is 35.4 Å². The number of carbonyl (C=O) groups excluding carboxylic acids is 1. The smallest absolute Gasteiger partial charge is 0.225 e. The molecule has 1 N–H and O–H groups in total. The summed E-state index contributed by atoms with van der Waals surface area (Å²) in [5.41, 5.74) is 3.11. The van der Waals surface area contributed by atoms with E-state index in [-0.39, 0.29) is 17.7 Å². The molecule has 0 aliphatic carbocycles. The Hall–Kier alpha value is -2.44. The Labute approximate surface area is 135 Å². The van der Waals surface area contributed by atoms with Crippen LogP contribution < -0.4 is 10.2 Å². The van der Waals surface area contributed by atoms with Crippen LogP contribution in [0.4, 0.5) is 5.95 Å². The monoisotopic (exact) mass is 314 g/mol. The molecule has 7 heteroatoms. The SMILES string of the molecule is CNC(=O)[C@H]1CN(c2ncc(C)c(C)n2)C[C@@H]1c1cnn(C)c1. The Kier molecular flexibility index (Phi) is 4.02. The second-order valence-corrected chi connectivity index (χ2v) is 6.12. The standard InChI is InChI=1S/C16H22N6O/c1-10-5-18-16(20-11(10)2)22-8-13(12-6-19-21(4)7-12)14(9-22)15(23)17-3/h5-7,13-14H,8-9H2,1-4H3,(H,17,23)/t13-,14+/m1/s1. The van der Waals surface area contributed by atoms with Gasteiger partial charge in [-0.2, -0.15) is 5.10 Å². The third-order valence-corrected chi connectivity index (χ3v) is 4.55. The van der Waals surface area contributed by atoms with Crippen LogP contribution in [0.5, 0.6) is 0 Å². The molecule has 0 spiro atoms. The molecule has 2 atom stereocenters. The van der Waals surface area contributed by atoms with Crippen molar-refractivity contribution < 1.29 is 4.79 Å². The summed E-state index contributed by atoms with van der Waals surface area (Å²) in [6, 6.07) is 0. The number of rotatable bonds is 3. The summed E-state index contributed by atoms with van der Waals surface area (Å²) in [5, 5.41) is 7.01. The summed E-state index contributed by atoms with van der Waals surface area (Å²) in [6.07, 6.45) is 5.65. The summed E-state index contributed by atoms with van der Waals surface area (Å²) in [7, 11) is 3.56. The zero-order valence-electron chi connectivity index (χ0n) is 13.9. The number of nitrogens with zero attached hydrogens (tertiary/aromatic N) is 5. The minimum absolute atomic E-state index is 0.0465. The van der Waals surface area contributed by atoms with Crippen LogP contribution >= 0.6 is 0 Å². The molecule has 23 heavy (non-hydrogen) atoms. The molecular formula is C16H22N6O. The van der Waals surface area contributed by atoms with E-state index in [1.54, 1.807) is 11.7 Å². The van der Waals surface area contributed by atoms with Crippen LogP contribution in [0, 0.1) is 19.8 Å². The Balaban J connectivity index is 1.90. The molecule has 2 aromatic heterocycles. The van der Waals surface area contributed by atoms with Crippen LogP contribution in [0.15, 0.2) is 18.6 Å². The van der Waals surface area contributed by atoms with Crippen molar-refractivity contribution in [2.75, 3.05) is 25.0 Å². The number of aromatic nitrogens is 4. The summed E-state index contributed by atoms with van der Waals surface area (Å²) < 4.78 is 1.77. The summed E-state index contributed by atoms with van der Waals surface area (Å²) in [4.78, 5) is 23.4. The average molecular weight is 314 g/mol. The van der Waals surface area contributed by atoms with Crippen molar-refractivity contribution in [3.8, 4) is 0 Å². The maximum atomic E-state index is 12.3. The van der Waals surface area contributed by atoms with Crippen LogP contribution in [0.2, 0.25) is 0 Å². The zero-order chi connectivity index (χ0) is 16.6. The number of anilines is 1. The molecule has 1 fully saturated rings. The van der Waals surface area contributed by atoms with Crippen LogP contribution in [0.25, 0.3) is 0 Å². The first-order chi connectivity index (χ1) is 11.0. The quantitative estimate of drug-likeness (QED) is 0.906. The Morgan fingerprint density at radius 2 is 2.09 bits per heavy atom. The van der Waals surface area contributed by atoms with Crippen molar-refractivity contribution in [1.82, 2.24) is 25.1 Å². The number of nitrogens with one attached hydrogen (secondary N) is 1. The predicted molar refractivity (Wildman–Crippen MR) is 87.2 cm³/mol. The first-order valence-electron chi connectivity index (χ1n) is 7.75.